The van der Waals surface area contributed by atoms with Gasteiger partial charge in [0.15, 0.2) is 0 Å². The van der Waals surface area contributed by atoms with Gasteiger partial charge >= 0.3 is 5.97 Å². The van der Waals surface area contributed by atoms with E-state index in [1.54, 1.807) is 20.8 Å². The van der Waals surface area contributed by atoms with Crippen LogP contribution >= 0.6 is 0 Å². The summed E-state index contributed by atoms with van der Waals surface area (Å²) in [5.41, 5.74) is 1.94. The molecule has 3 rings (SSSR count). The molecular weight excluding hydrogens is 325 g/mol. The van der Waals surface area contributed by atoms with Gasteiger partial charge in [-0.2, -0.15) is 5.10 Å². The molecule has 1 aromatic carbocycles. The topological polar surface area (TPSA) is 88.0 Å². The first-order valence-corrected chi connectivity index (χ1v) is 7.83. The second-order valence-corrected chi connectivity index (χ2v) is 6.13. The van der Waals surface area contributed by atoms with Crippen molar-refractivity contribution in [2.24, 2.45) is 0 Å². The Morgan fingerprint density at radius 2 is 2.00 bits per heavy atom. The number of halogens is 1. The van der Waals surface area contributed by atoms with E-state index in [4.69, 9.17) is 0 Å². The van der Waals surface area contributed by atoms with Gasteiger partial charge in [0.25, 0.3) is 5.56 Å². The number of carboxylic acid groups (broad SMARTS) is 1. The Bertz CT molecular complexity index is 1050. The summed E-state index contributed by atoms with van der Waals surface area (Å²) in [6, 6.07) is 3.53. The predicted molar refractivity (Wildman–Crippen MR) is 91.7 cm³/mol. The van der Waals surface area contributed by atoms with Gasteiger partial charge in [0.1, 0.15) is 5.82 Å². The van der Waals surface area contributed by atoms with Crippen LogP contribution in [-0.2, 0) is 0 Å². The normalized spacial score (nSPS) is 12.5. The summed E-state index contributed by atoms with van der Waals surface area (Å²) in [6.07, 6.45) is 0. The van der Waals surface area contributed by atoms with Gasteiger partial charge in [-0.15, -0.1) is 0 Å². The molecule has 0 saturated heterocycles. The first kappa shape index (κ1) is 16.9. The van der Waals surface area contributed by atoms with Gasteiger partial charge in [-0.05, 0) is 33.8 Å². The highest BCUT2D eigenvalue weighted by Crippen LogP contribution is 2.28. The summed E-state index contributed by atoms with van der Waals surface area (Å²) in [5.74, 6) is -1.93. The number of aromatic nitrogens is 3. The van der Waals surface area contributed by atoms with E-state index >= 15 is 0 Å². The Morgan fingerprint density at radius 3 is 2.56 bits per heavy atom. The number of rotatable bonds is 3. The largest absolute Gasteiger partial charge is 0.478 e. The van der Waals surface area contributed by atoms with Crippen LogP contribution in [-0.4, -0.2) is 25.8 Å². The first-order valence-electron chi connectivity index (χ1n) is 7.83. The van der Waals surface area contributed by atoms with E-state index in [0.717, 1.165) is 17.3 Å². The number of aryl methyl sites for hydroxylation is 2. The van der Waals surface area contributed by atoms with Gasteiger partial charge in [0.05, 0.1) is 22.7 Å². The third kappa shape index (κ3) is 2.43. The molecule has 0 aliphatic carbocycles. The maximum Gasteiger partial charge on any atom is 0.338 e. The molecule has 3 aromatic rings. The zero-order valence-corrected chi connectivity index (χ0v) is 14.3. The van der Waals surface area contributed by atoms with Crippen LogP contribution in [0.1, 0.15) is 46.0 Å². The minimum absolute atomic E-state index is 0.0697. The van der Waals surface area contributed by atoms with E-state index in [2.05, 4.69) is 10.2 Å². The molecule has 0 aliphatic heterocycles. The molecule has 1 atom stereocenters. The number of benzene rings is 1. The van der Waals surface area contributed by atoms with E-state index in [-0.39, 0.29) is 22.0 Å². The highest BCUT2D eigenvalue weighted by Gasteiger charge is 2.25. The number of aromatic carboxylic acids is 1. The van der Waals surface area contributed by atoms with Gasteiger partial charge in [0.2, 0.25) is 0 Å². The lowest BCUT2D eigenvalue weighted by atomic mass is 10.0. The number of pyridine rings is 1. The number of H-pyrrole nitrogens is 1. The number of aromatic amines is 1. The minimum atomic E-state index is -1.20. The van der Waals surface area contributed by atoms with Crippen molar-refractivity contribution in [3.63, 3.8) is 0 Å². The number of fused-ring (bicyclic) bond motifs is 1. The van der Waals surface area contributed by atoms with Gasteiger partial charge in [-0.3, -0.25) is 9.89 Å². The van der Waals surface area contributed by atoms with Crippen molar-refractivity contribution in [1.82, 2.24) is 14.8 Å². The van der Waals surface area contributed by atoms with Gasteiger partial charge in [-0.25, -0.2) is 9.18 Å². The van der Waals surface area contributed by atoms with Crippen molar-refractivity contribution in [3.05, 3.63) is 62.6 Å². The molecule has 0 amide bonds. The summed E-state index contributed by atoms with van der Waals surface area (Å²) >= 11 is 0. The van der Waals surface area contributed by atoms with E-state index in [9.17, 15) is 19.1 Å². The molecule has 7 heteroatoms. The zero-order valence-electron chi connectivity index (χ0n) is 14.3. The van der Waals surface area contributed by atoms with Gasteiger partial charge in [-0.1, -0.05) is 12.1 Å². The van der Waals surface area contributed by atoms with Crippen molar-refractivity contribution in [1.29, 1.82) is 0 Å². The third-order valence-electron chi connectivity index (χ3n) is 4.64. The van der Waals surface area contributed by atoms with Crippen LogP contribution in [0.5, 0.6) is 0 Å². The number of carbonyl (C=O) groups is 1. The van der Waals surface area contributed by atoms with Crippen LogP contribution in [0, 0.1) is 26.6 Å². The van der Waals surface area contributed by atoms with Crippen molar-refractivity contribution in [3.8, 4) is 0 Å². The molecular formula is C18H18FN3O3. The number of hydrogen-bond acceptors (Lipinski definition) is 3. The van der Waals surface area contributed by atoms with E-state index < -0.39 is 23.4 Å². The van der Waals surface area contributed by atoms with Crippen LogP contribution in [0.15, 0.2) is 23.0 Å². The fraction of sp³-hybridized carbons (Fsp3) is 0.278. The SMILES string of the molecule is Cc1n[nH]c(C)c1C(C)n1c(C)c(C(=O)O)c2cccc(F)c2c1=O. The van der Waals surface area contributed by atoms with Crippen LogP contribution in [0.2, 0.25) is 0 Å². The third-order valence-corrected chi connectivity index (χ3v) is 4.64. The van der Waals surface area contributed by atoms with Crippen molar-refractivity contribution < 1.29 is 14.3 Å². The summed E-state index contributed by atoms with van der Waals surface area (Å²) in [4.78, 5) is 24.8. The van der Waals surface area contributed by atoms with Crippen LogP contribution in [0.25, 0.3) is 10.8 Å². The average Bonchev–Trinajstić information content (AvgIpc) is 2.85. The lowest BCUT2D eigenvalue weighted by molar-refractivity contribution is 0.0697. The fourth-order valence-corrected chi connectivity index (χ4v) is 3.58. The molecule has 2 heterocycles. The molecule has 0 saturated carbocycles. The molecule has 0 spiro atoms. The molecule has 0 bridgehead atoms. The van der Waals surface area contributed by atoms with Crippen LogP contribution in [0.3, 0.4) is 0 Å². The Morgan fingerprint density at radius 1 is 1.32 bits per heavy atom. The predicted octanol–water partition coefficient (Wildman–Crippen LogP) is 3.10. The van der Waals surface area contributed by atoms with Crippen molar-refractivity contribution in [2.75, 3.05) is 0 Å². The maximum absolute atomic E-state index is 14.3. The molecule has 2 N–H and O–H groups in total. The zero-order chi connectivity index (χ0) is 18.5. The Kier molecular flexibility index (Phi) is 3.94. The molecule has 130 valence electrons. The Balaban J connectivity index is 2.46. The number of hydrogen-bond donors (Lipinski definition) is 2. The molecule has 0 fully saturated rings. The highest BCUT2D eigenvalue weighted by atomic mass is 19.1. The van der Waals surface area contributed by atoms with E-state index in [1.807, 2.05) is 6.92 Å². The smallest absolute Gasteiger partial charge is 0.338 e. The van der Waals surface area contributed by atoms with Gasteiger partial charge in [0, 0.05) is 22.3 Å². The molecule has 1 unspecified atom stereocenters. The van der Waals surface area contributed by atoms with Gasteiger partial charge < -0.3 is 9.67 Å². The second-order valence-electron chi connectivity index (χ2n) is 6.13. The van der Waals surface area contributed by atoms with E-state index in [0.29, 0.717) is 5.69 Å². The summed E-state index contributed by atoms with van der Waals surface area (Å²) < 4.78 is 15.7. The molecule has 25 heavy (non-hydrogen) atoms. The minimum Gasteiger partial charge on any atom is -0.478 e. The molecule has 0 aliphatic rings. The first-order chi connectivity index (χ1) is 11.8. The number of carboxylic acids is 1. The standard InChI is InChI=1S/C18H18FN3O3/c1-8-14(9(2)21-20-8)10(3)22-11(4)15(18(24)25)12-6-5-7-13(19)16(12)17(22)23/h5-7,10H,1-4H3,(H,20,21)(H,24,25). The highest BCUT2D eigenvalue weighted by molar-refractivity contribution is 6.04. The molecule has 2 aromatic heterocycles. The second kappa shape index (κ2) is 5.84. The fourth-order valence-electron chi connectivity index (χ4n) is 3.58. The van der Waals surface area contributed by atoms with Crippen LogP contribution < -0.4 is 5.56 Å². The van der Waals surface area contributed by atoms with Crippen molar-refractivity contribution >= 4 is 16.7 Å². The average molecular weight is 343 g/mol. The molecule has 0 radical (unpaired) electrons. The van der Waals surface area contributed by atoms with Crippen LogP contribution in [0.4, 0.5) is 4.39 Å². The monoisotopic (exact) mass is 343 g/mol. The number of nitrogens with one attached hydrogen (secondary N) is 1. The Labute approximate surface area is 142 Å². The van der Waals surface area contributed by atoms with E-state index in [1.165, 1.54) is 16.7 Å². The lowest BCUT2D eigenvalue weighted by Gasteiger charge is -2.21. The Hall–Kier alpha value is -2.96. The van der Waals surface area contributed by atoms with Crippen molar-refractivity contribution in [2.45, 2.75) is 33.7 Å². The molecule has 6 nitrogen and oxygen atoms in total. The maximum atomic E-state index is 14.3. The summed E-state index contributed by atoms with van der Waals surface area (Å²) in [6.45, 7) is 6.97. The summed E-state index contributed by atoms with van der Waals surface area (Å²) in [7, 11) is 0. The quantitative estimate of drug-likeness (QED) is 0.765. The number of nitrogens with zero attached hydrogens (tertiary/aromatic N) is 2. The lowest BCUT2D eigenvalue weighted by Crippen LogP contribution is -2.29. The summed E-state index contributed by atoms with van der Waals surface area (Å²) in [5, 5.41) is 16.5.